The lowest BCUT2D eigenvalue weighted by atomic mass is 9.81. The molecular formula is C15H19N3O4S. The summed E-state index contributed by atoms with van der Waals surface area (Å²) in [6.07, 6.45) is 4.53. The summed E-state index contributed by atoms with van der Waals surface area (Å²) in [4.78, 5) is 17.8. The SMILES string of the molecule is C=CCN1C[C@@H]2CN(S(=O)(=O)c3cccnc3)C[C@]2(C(=O)O)C1. The topological polar surface area (TPSA) is 90.8 Å². The second kappa shape index (κ2) is 5.70. The lowest BCUT2D eigenvalue weighted by Gasteiger charge is -2.24. The fourth-order valence-electron chi connectivity index (χ4n) is 3.58. The predicted molar refractivity (Wildman–Crippen MR) is 83.2 cm³/mol. The highest BCUT2D eigenvalue weighted by molar-refractivity contribution is 7.89. The molecule has 0 radical (unpaired) electrons. The molecule has 0 amide bonds. The molecule has 0 bridgehead atoms. The highest BCUT2D eigenvalue weighted by Crippen LogP contribution is 2.44. The molecule has 0 saturated carbocycles. The minimum absolute atomic E-state index is 0.00211. The van der Waals surface area contributed by atoms with Gasteiger partial charge in [0.1, 0.15) is 4.90 Å². The van der Waals surface area contributed by atoms with Gasteiger partial charge >= 0.3 is 5.97 Å². The number of likely N-dealkylation sites (tertiary alicyclic amines) is 1. The van der Waals surface area contributed by atoms with Crippen LogP contribution in [0.2, 0.25) is 0 Å². The standard InChI is InChI=1S/C15H19N3O4S/c1-2-6-17-8-12-9-18(11-15(12,10-17)14(19)20)23(21,22)13-4-3-5-16-7-13/h2-5,7,12H,1,6,8-11H2,(H,19,20)/t12-,15-/m1/s1. The van der Waals surface area contributed by atoms with E-state index in [1.807, 2.05) is 4.90 Å². The van der Waals surface area contributed by atoms with Gasteiger partial charge in [-0.05, 0) is 12.1 Å². The number of carboxylic acid groups (broad SMARTS) is 1. The van der Waals surface area contributed by atoms with E-state index in [4.69, 9.17) is 0 Å². The van der Waals surface area contributed by atoms with E-state index in [2.05, 4.69) is 11.6 Å². The number of carbonyl (C=O) groups is 1. The van der Waals surface area contributed by atoms with Crippen molar-refractivity contribution < 1.29 is 18.3 Å². The molecule has 2 atom stereocenters. The van der Waals surface area contributed by atoms with Crippen molar-refractivity contribution in [2.75, 3.05) is 32.7 Å². The largest absolute Gasteiger partial charge is 0.481 e. The first-order valence-corrected chi connectivity index (χ1v) is 8.81. The van der Waals surface area contributed by atoms with Crippen LogP contribution in [0.15, 0.2) is 42.1 Å². The van der Waals surface area contributed by atoms with Crippen LogP contribution in [0.5, 0.6) is 0 Å². The summed E-state index contributed by atoms with van der Waals surface area (Å²) < 4.78 is 26.7. The molecule has 2 fully saturated rings. The summed E-state index contributed by atoms with van der Waals surface area (Å²) in [7, 11) is -3.71. The van der Waals surface area contributed by atoms with Crippen LogP contribution in [-0.2, 0) is 14.8 Å². The molecule has 7 nitrogen and oxygen atoms in total. The molecule has 23 heavy (non-hydrogen) atoms. The summed E-state index contributed by atoms with van der Waals surface area (Å²) in [6.45, 7) is 5.42. The van der Waals surface area contributed by atoms with E-state index in [1.165, 1.54) is 22.8 Å². The second-order valence-electron chi connectivity index (χ2n) is 6.13. The number of carboxylic acids is 1. The first-order valence-electron chi connectivity index (χ1n) is 7.37. The Morgan fingerprint density at radius 2 is 2.26 bits per heavy atom. The molecule has 0 unspecified atom stereocenters. The Morgan fingerprint density at radius 1 is 1.48 bits per heavy atom. The number of hydrogen-bond acceptors (Lipinski definition) is 5. The zero-order valence-electron chi connectivity index (χ0n) is 12.6. The lowest BCUT2D eigenvalue weighted by Crippen LogP contribution is -2.42. The predicted octanol–water partition coefficient (Wildman–Crippen LogP) is 0.275. The quantitative estimate of drug-likeness (QED) is 0.776. The Balaban J connectivity index is 1.88. The summed E-state index contributed by atoms with van der Waals surface area (Å²) in [5.41, 5.74) is -1.04. The van der Waals surface area contributed by atoms with Gasteiger partial charge in [-0.2, -0.15) is 4.31 Å². The Morgan fingerprint density at radius 3 is 2.83 bits per heavy atom. The van der Waals surface area contributed by atoms with Crippen LogP contribution in [0, 0.1) is 11.3 Å². The monoisotopic (exact) mass is 337 g/mol. The average Bonchev–Trinajstić information content (AvgIpc) is 3.04. The van der Waals surface area contributed by atoms with E-state index in [0.717, 1.165) is 0 Å². The minimum Gasteiger partial charge on any atom is -0.481 e. The highest BCUT2D eigenvalue weighted by atomic mass is 32.2. The Labute approximate surface area is 135 Å². The summed E-state index contributed by atoms with van der Waals surface area (Å²) in [5, 5.41) is 9.73. The Hall–Kier alpha value is -1.77. The molecule has 3 rings (SSSR count). The normalized spacial score (nSPS) is 28.6. The van der Waals surface area contributed by atoms with Crippen LogP contribution >= 0.6 is 0 Å². The molecule has 1 aromatic rings. The van der Waals surface area contributed by atoms with E-state index >= 15 is 0 Å². The maximum absolute atomic E-state index is 12.7. The molecule has 2 saturated heterocycles. The minimum atomic E-state index is -3.71. The number of rotatable bonds is 5. The second-order valence-corrected chi connectivity index (χ2v) is 8.07. The molecule has 0 spiro atoms. The van der Waals surface area contributed by atoms with Crippen LogP contribution < -0.4 is 0 Å². The first-order chi connectivity index (χ1) is 10.9. The van der Waals surface area contributed by atoms with Crippen LogP contribution in [0.3, 0.4) is 0 Å². The summed E-state index contributed by atoms with van der Waals surface area (Å²) >= 11 is 0. The molecule has 3 heterocycles. The third-order valence-electron chi connectivity index (χ3n) is 4.73. The van der Waals surface area contributed by atoms with E-state index in [0.29, 0.717) is 19.6 Å². The van der Waals surface area contributed by atoms with Crippen molar-refractivity contribution in [2.24, 2.45) is 11.3 Å². The van der Waals surface area contributed by atoms with E-state index in [-0.39, 0.29) is 23.9 Å². The van der Waals surface area contributed by atoms with E-state index in [9.17, 15) is 18.3 Å². The number of pyridine rings is 1. The zero-order valence-corrected chi connectivity index (χ0v) is 13.4. The van der Waals surface area contributed by atoms with Gasteiger partial charge in [0.15, 0.2) is 0 Å². The smallest absolute Gasteiger partial charge is 0.312 e. The third-order valence-corrected chi connectivity index (χ3v) is 6.53. The highest BCUT2D eigenvalue weighted by Gasteiger charge is 2.59. The molecule has 1 aromatic heterocycles. The fourth-order valence-corrected chi connectivity index (χ4v) is 5.10. The lowest BCUT2D eigenvalue weighted by molar-refractivity contribution is -0.148. The van der Waals surface area contributed by atoms with Crippen LogP contribution in [-0.4, -0.2) is 66.4 Å². The molecular weight excluding hydrogens is 318 g/mol. The Bertz CT molecular complexity index is 721. The molecule has 8 heteroatoms. The van der Waals surface area contributed by atoms with E-state index < -0.39 is 21.4 Å². The zero-order chi connectivity index (χ0) is 16.7. The van der Waals surface area contributed by atoms with E-state index in [1.54, 1.807) is 12.1 Å². The van der Waals surface area contributed by atoms with Crippen molar-refractivity contribution in [3.8, 4) is 0 Å². The van der Waals surface area contributed by atoms with Crippen LogP contribution in [0.4, 0.5) is 0 Å². The third kappa shape index (κ3) is 2.56. The van der Waals surface area contributed by atoms with Gasteiger partial charge in [0, 0.05) is 51.0 Å². The summed E-state index contributed by atoms with van der Waals surface area (Å²) in [6, 6.07) is 3.04. The van der Waals surface area contributed by atoms with Crippen LogP contribution in [0.25, 0.3) is 0 Å². The average molecular weight is 337 g/mol. The maximum Gasteiger partial charge on any atom is 0.312 e. The van der Waals surface area contributed by atoms with Gasteiger partial charge in [-0.3, -0.25) is 14.7 Å². The number of aliphatic carboxylic acids is 1. The van der Waals surface area contributed by atoms with Gasteiger partial charge in [0.05, 0.1) is 5.41 Å². The fraction of sp³-hybridized carbons (Fsp3) is 0.467. The summed E-state index contributed by atoms with van der Waals surface area (Å²) in [5.74, 6) is -1.15. The molecule has 124 valence electrons. The number of hydrogen-bond donors (Lipinski definition) is 1. The first kappa shape index (κ1) is 16.1. The van der Waals surface area contributed by atoms with Gasteiger partial charge in [-0.25, -0.2) is 8.42 Å². The van der Waals surface area contributed by atoms with Crippen molar-refractivity contribution in [3.63, 3.8) is 0 Å². The maximum atomic E-state index is 12.7. The van der Waals surface area contributed by atoms with Crippen molar-refractivity contribution in [1.82, 2.24) is 14.2 Å². The van der Waals surface area contributed by atoms with Gasteiger partial charge in [-0.1, -0.05) is 6.08 Å². The van der Waals surface area contributed by atoms with Crippen molar-refractivity contribution in [1.29, 1.82) is 0 Å². The number of nitrogens with zero attached hydrogens (tertiary/aromatic N) is 3. The molecule has 1 N–H and O–H groups in total. The molecule has 2 aliphatic heterocycles. The van der Waals surface area contributed by atoms with Gasteiger partial charge in [-0.15, -0.1) is 6.58 Å². The van der Waals surface area contributed by atoms with Crippen molar-refractivity contribution in [2.45, 2.75) is 4.90 Å². The number of fused-ring (bicyclic) bond motifs is 1. The molecule has 0 aromatic carbocycles. The number of sulfonamides is 1. The Kier molecular flexibility index (Phi) is 3.99. The van der Waals surface area contributed by atoms with Gasteiger partial charge in [0.25, 0.3) is 0 Å². The van der Waals surface area contributed by atoms with Crippen molar-refractivity contribution in [3.05, 3.63) is 37.2 Å². The molecule has 2 aliphatic rings. The van der Waals surface area contributed by atoms with Crippen molar-refractivity contribution >= 4 is 16.0 Å². The van der Waals surface area contributed by atoms with Crippen LogP contribution in [0.1, 0.15) is 0 Å². The van der Waals surface area contributed by atoms with Gasteiger partial charge < -0.3 is 5.11 Å². The number of aromatic nitrogens is 1. The van der Waals surface area contributed by atoms with Gasteiger partial charge in [0.2, 0.25) is 10.0 Å². The molecule has 0 aliphatic carbocycles.